The normalized spacial score (nSPS) is 21.9. The highest BCUT2D eigenvalue weighted by Crippen LogP contribution is 2.30. The lowest BCUT2D eigenvalue weighted by Gasteiger charge is -2.34. The molecule has 0 spiro atoms. The molecule has 0 radical (unpaired) electrons. The minimum Gasteiger partial charge on any atom is -0.383 e. The molecule has 1 aromatic heterocycles. The van der Waals surface area contributed by atoms with Gasteiger partial charge in [-0.25, -0.2) is 0 Å². The highest BCUT2D eigenvalue weighted by Gasteiger charge is 2.28. The molecule has 7 heteroatoms. The van der Waals surface area contributed by atoms with Crippen LogP contribution in [-0.2, 0) is 16.1 Å². The molecule has 1 saturated carbocycles. The molecule has 1 N–H and O–H groups in total. The van der Waals surface area contributed by atoms with E-state index in [1.165, 1.54) is 30.2 Å². The zero-order valence-corrected chi connectivity index (χ0v) is 18.7. The Morgan fingerprint density at radius 2 is 2.14 bits per heavy atom. The average molecular weight is 417 g/mol. The van der Waals surface area contributed by atoms with E-state index in [2.05, 4.69) is 48.4 Å². The summed E-state index contributed by atoms with van der Waals surface area (Å²) in [4.78, 5) is 12.6. The number of benzene rings is 1. The first-order valence-electron chi connectivity index (χ1n) is 10.4. The fraction of sp³-hybridized carbons (Fsp3) is 0.591. The smallest absolute Gasteiger partial charge is 0.230 e. The largest absolute Gasteiger partial charge is 0.383 e. The van der Waals surface area contributed by atoms with E-state index < -0.39 is 0 Å². The summed E-state index contributed by atoms with van der Waals surface area (Å²) in [6, 6.07) is 8.49. The average Bonchev–Trinajstić information content (AvgIpc) is 3.11. The molecule has 1 heterocycles. The minimum atomic E-state index is 0.0688. The van der Waals surface area contributed by atoms with Gasteiger partial charge in [0.1, 0.15) is 0 Å². The van der Waals surface area contributed by atoms with Gasteiger partial charge in [-0.3, -0.25) is 9.36 Å². The summed E-state index contributed by atoms with van der Waals surface area (Å²) in [5, 5.41) is 12.7. The van der Waals surface area contributed by atoms with Gasteiger partial charge in [0.05, 0.1) is 18.9 Å². The number of aromatic nitrogens is 3. The van der Waals surface area contributed by atoms with Crippen LogP contribution in [0.4, 0.5) is 0 Å². The van der Waals surface area contributed by atoms with Crippen LogP contribution in [0.25, 0.3) is 11.4 Å². The Morgan fingerprint density at radius 1 is 1.31 bits per heavy atom. The van der Waals surface area contributed by atoms with Gasteiger partial charge in [0.25, 0.3) is 0 Å². The summed E-state index contributed by atoms with van der Waals surface area (Å²) in [6.07, 6.45) is 3.52. The standard InChI is InChI=1S/C22H32N4O2S/c1-15-7-5-9-18(13-15)21-24-25-22(26(21)11-12-28-4)29-14-20(27)23-19-10-6-8-16(2)17(19)3/h5,7,9,13,16-17,19H,6,8,10-12,14H2,1-4H3,(H,23,27). The molecule has 1 aliphatic rings. The first kappa shape index (κ1) is 21.8. The Hall–Kier alpha value is -1.86. The number of amides is 1. The maximum Gasteiger partial charge on any atom is 0.230 e. The molecule has 1 aromatic carbocycles. The van der Waals surface area contributed by atoms with Crippen LogP contribution in [0.15, 0.2) is 29.4 Å². The summed E-state index contributed by atoms with van der Waals surface area (Å²) < 4.78 is 7.31. The van der Waals surface area contributed by atoms with Crippen LogP contribution < -0.4 is 5.32 Å². The van der Waals surface area contributed by atoms with Crippen LogP contribution in [0.1, 0.15) is 38.7 Å². The molecule has 3 unspecified atom stereocenters. The summed E-state index contributed by atoms with van der Waals surface area (Å²) in [7, 11) is 1.68. The number of rotatable bonds is 8. The number of hydrogen-bond acceptors (Lipinski definition) is 5. The number of methoxy groups -OCH3 is 1. The van der Waals surface area contributed by atoms with E-state index in [0.717, 1.165) is 23.0 Å². The van der Waals surface area contributed by atoms with Crippen LogP contribution in [-0.4, -0.2) is 46.2 Å². The van der Waals surface area contributed by atoms with Crippen molar-refractivity contribution in [2.75, 3.05) is 19.5 Å². The van der Waals surface area contributed by atoms with Gasteiger partial charge in [-0.1, -0.05) is 62.2 Å². The van der Waals surface area contributed by atoms with Crippen molar-refractivity contribution in [3.63, 3.8) is 0 Å². The Labute approximate surface area is 177 Å². The summed E-state index contributed by atoms with van der Waals surface area (Å²) in [5.41, 5.74) is 2.20. The zero-order chi connectivity index (χ0) is 20.8. The molecule has 2 aromatic rings. The third kappa shape index (κ3) is 5.60. The topological polar surface area (TPSA) is 69.0 Å². The molecule has 3 rings (SSSR count). The number of hydrogen-bond donors (Lipinski definition) is 1. The second kappa shape index (κ2) is 10.3. The molecule has 0 saturated heterocycles. The molecule has 0 aliphatic heterocycles. The van der Waals surface area contributed by atoms with E-state index in [1.54, 1.807) is 7.11 Å². The van der Waals surface area contributed by atoms with E-state index in [4.69, 9.17) is 4.74 Å². The lowest BCUT2D eigenvalue weighted by atomic mass is 9.78. The first-order chi connectivity index (χ1) is 14.0. The first-order valence-corrected chi connectivity index (χ1v) is 11.4. The van der Waals surface area contributed by atoms with Crippen LogP contribution in [0.2, 0.25) is 0 Å². The molecular formula is C22H32N4O2S. The molecule has 1 amide bonds. The van der Waals surface area contributed by atoms with Crippen molar-refractivity contribution in [2.24, 2.45) is 11.8 Å². The quantitative estimate of drug-likeness (QED) is 0.660. The monoisotopic (exact) mass is 416 g/mol. The van der Waals surface area contributed by atoms with Gasteiger partial charge >= 0.3 is 0 Å². The van der Waals surface area contributed by atoms with Gasteiger partial charge in [0, 0.05) is 18.7 Å². The van der Waals surface area contributed by atoms with Gasteiger partial charge < -0.3 is 10.1 Å². The van der Waals surface area contributed by atoms with E-state index in [0.29, 0.717) is 30.7 Å². The lowest BCUT2D eigenvalue weighted by molar-refractivity contribution is -0.120. The molecule has 3 atom stereocenters. The Morgan fingerprint density at radius 3 is 2.90 bits per heavy atom. The number of carbonyl (C=O) groups is 1. The van der Waals surface area contributed by atoms with Crippen LogP contribution >= 0.6 is 11.8 Å². The predicted octanol–water partition coefficient (Wildman–Crippen LogP) is 3.93. The van der Waals surface area contributed by atoms with Crippen molar-refractivity contribution < 1.29 is 9.53 Å². The molecule has 6 nitrogen and oxygen atoms in total. The second-order valence-electron chi connectivity index (χ2n) is 8.05. The third-order valence-electron chi connectivity index (χ3n) is 5.90. The van der Waals surface area contributed by atoms with Crippen molar-refractivity contribution >= 4 is 17.7 Å². The number of ether oxygens (including phenoxy) is 1. The van der Waals surface area contributed by atoms with Crippen LogP contribution in [0.3, 0.4) is 0 Å². The molecule has 1 aliphatic carbocycles. The number of carbonyl (C=O) groups excluding carboxylic acids is 1. The highest BCUT2D eigenvalue weighted by atomic mass is 32.2. The summed E-state index contributed by atoms with van der Waals surface area (Å²) >= 11 is 1.44. The molecule has 1 fully saturated rings. The Bertz CT molecular complexity index is 823. The van der Waals surface area contributed by atoms with Crippen molar-refractivity contribution in [2.45, 2.75) is 57.8 Å². The van der Waals surface area contributed by atoms with Gasteiger partial charge in [-0.15, -0.1) is 10.2 Å². The summed E-state index contributed by atoms with van der Waals surface area (Å²) in [6.45, 7) is 7.80. The maximum atomic E-state index is 12.6. The zero-order valence-electron chi connectivity index (χ0n) is 17.9. The predicted molar refractivity (Wildman–Crippen MR) is 117 cm³/mol. The van der Waals surface area contributed by atoms with Gasteiger partial charge in [0.2, 0.25) is 5.91 Å². The number of nitrogens with zero attached hydrogens (tertiary/aromatic N) is 3. The van der Waals surface area contributed by atoms with E-state index in [1.807, 2.05) is 16.7 Å². The minimum absolute atomic E-state index is 0.0688. The maximum absolute atomic E-state index is 12.6. The van der Waals surface area contributed by atoms with Crippen molar-refractivity contribution in [1.29, 1.82) is 0 Å². The fourth-order valence-electron chi connectivity index (χ4n) is 3.94. The van der Waals surface area contributed by atoms with E-state index in [9.17, 15) is 4.79 Å². The molecular weight excluding hydrogens is 384 g/mol. The van der Waals surface area contributed by atoms with Crippen LogP contribution in [0, 0.1) is 18.8 Å². The lowest BCUT2D eigenvalue weighted by Crippen LogP contribution is -2.44. The molecule has 158 valence electrons. The fourth-order valence-corrected chi connectivity index (χ4v) is 4.72. The Balaban J connectivity index is 1.67. The number of aryl methyl sites for hydroxylation is 1. The van der Waals surface area contributed by atoms with E-state index >= 15 is 0 Å². The van der Waals surface area contributed by atoms with Crippen molar-refractivity contribution in [3.8, 4) is 11.4 Å². The Kier molecular flexibility index (Phi) is 7.72. The SMILES string of the molecule is COCCn1c(SCC(=O)NC2CCCC(C)C2C)nnc1-c1cccc(C)c1. The highest BCUT2D eigenvalue weighted by molar-refractivity contribution is 7.99. The number of nitrogens with one attached hydrogen (secondary N) is 1. The molecule has 29 heavy (non-hydrogen) atoms. The summed E-state index contributed by atoms with van der Waals surface area (Å²) in [5.74, 6) is 2.41. The second-order valence-corrected chi connectivity index (χ2v) is 8.99. The van der Waals surface area contributed by atoms with Crippen molar-refractivity contribution in [1.82, 2.24) is 20.1 Å². The molecule has 0 bridgehead atoms. The van der Waals surface area contributed by atoms with Gasteiger partial charge in [0.15, 0.2) is 11.0 Å². The van der Waals surface area contributed by atoms with Crippen molar-refractivity contribution in [3.05, 3.63) is 29.8 Å². The van der Waals surface area contributed by atoms with Gasteiger partial charge in [-0.2, -0.15) is 0 Å². The third-order valence-corrected chi connectivity index (χ3v) is 6.86. The van der Waals surface area contributed by atoms with E-state index in [-0.39, 0.29) is 11.9 Å². The van der Waals surface area contributed by atoms with Gasteiger partial charge in [-0.05, 0) is 31.2 Å². The van der Waals surface area contributed by atoms with Crippen LogP contribution in [0.5, 0.6) is 0 Å². The number of thioether (sulfide) groups is 1.